The Hall–Kier alpha value is -0.770. The molecule has 0 aromatic carbocycles. The smallest absolute Gasteiger partial charge is 0.318 e. The molecule has 0 radical (unpaired) electrons. The normalized spacial score (nSPS) is 25.7. The average Bonchev–Trinajstić information content (AvgIpc) is 2.51. The molecule has 0 saturated carbocycles. The van der Waals surface area contributed by atoms with Gasteiger partial charge in [0.25, 0.3) is 0 Å². The van der Waals surface area contributed by atoms with E-state index in [1.807, 2.05) is 19.0 Å². The lowest BCUT2D eigenvalue weighted by atomic mass is 9.95. The molecule has 16 heavy (non-hydrogen) atoms. The van der Waals surface area contributed by atoms with E-state index in [9.17, 15) is 4.79 Å². The van der Waals surface area contributed by atoms with Crippen molar-refractivity contribution in [2.75, 3.05) is 27.2 Å². The molecule has 0 unspecified atom stereocenters. The minimum Gasteiger partial charge on any atom is -0.333 e. The molecule has 0 bridgehead atoms. The van der Waals surface area contributed by atoms with E-state index in [1.165, 1.54) is 0 Å². The molecule has 4 heteroatoms. The minimum atomic E-state index is 0.104. The summed E-state index contributed by atoms with van der Waals surface area (Å²) in [5, 5.41) is 3.08. The first-order valence-electron chi connectivity index (χ1n) is 6.19. The van der Waals surface area contributed by atoms with Crippen LogP contribution in [0.15, 0.2) is 0 Å². The van der Waals surface area contributed by atoms with Crippen molar-refractivity contribution < 1.29 is 4.79 Å². The van der Waals surface area contributed by atoms with Gasteiger partial charge in [-0.2, -0.15) is 0 Å². The SMILES string of the molecule is CC[C@H]1NC(=O)N(CCN(C)C)[C@H]1C(C)C. The molecule has 1 saturated heterocycles. The maximum Gasteiger partial charge on any atom is 0.318 e. The number of likely N-dealkylation sites (N-methyl/N-ethyl adjacent to an activating group) is 1. The topological polar surface area (TPSA) is 35.6 Å². The number of rotatable bonds is 5. The summed E-state index contributed by atoms with van der Waals surface area (Å²) in [5.41, 5.74) is 0. The Morgan fingerprint density at radius 3 is 2.50 bits per heavy atom. The third kappa shape index (κ3) is 2.88. The quantitative estimate of drug-likeness (QED) is 0.770. The molecular weight excluding hydrogens is 202 g/mol. The number of carbonyl (C=O) groups excluding carboxylic acids is 1. The zero-order valence-corrected chi connectivity index (χ0v) is 11.2. The van der Waals surface area contributed by atoms with Crippen LogP contribution in [0.3, 0.4) is 0 Å². The third-order valence-electron chi connectivity index (χ3n) is 3.25. The number of nitrogens with zero attached hydrogens (tertiary/aromatic N) is 2. The first-order chi connectivity index (χ1) is 7.47. The van der Waals surface area contributed by atoms with Crippen molar-refractivity contribution in [2.45, 2.75) is 39.3 Å². The number of hydrogen-bond acceptors (Lipinski definition) is 2. The summed E-state index contributed by atoms with van der Waals surface area (Å²) in [6.45, 7) is 8.26. The van der Waals surface area contributed by atoms with Gasteiger partial charge in [-0.15, -0.1) is 0 Å². The fourth-order valence-corrected chi connectivity index (χ4v) is 2.41. The van der Waals surface area contributed by atoms with Crippen molar-refractivity contribution in [3.63, 3.8) is 0 Å². The van der Waals surface area contributed by atoms with Crippen molar-refractivity contribution >= 4 is 6.03 Å². The fourth-order valence-electron chi connectivity index (χ4n) is 2.41. The van der Waals surface area contributed by atoms with Gasteiger partial charge in [-0.1, -0.05) is 20.8 Å². The molecule has 0 aromatic heterocycles. The Bertz CT molecular complexity index is 240. The number of hydrogen-bond donors (Lipinski definition) is 1. The predicted octanol–water partition coefficient (Wildman–Crippen LogP) is 1.38. The number of amides is 2. The summed E-state index contributed by atoms with van der Waals surface area (Å²) in [7, 11) is 4.07. The first-order valence-corrected chi connectivity index (χ1v) is 6.19. The molecule has 0 aliphatic carbocycles. The van der Waals surface area contributed by atoms with Crippen LogP contribution >= 0.6 is 0 Å². The van der Waals surface area contributed by atoms with E-state index in [4.69, 9.17) is 0 Å². The van der Waals surface area contributed by atoms with Gasteiger partial charge in [0.05, 0.1) is 12.1 Å². The third-order valence-corrected chi connectivity index (χ3v) is 3.25. The van der Waals surface area contributed by atoms with E-state index < -0.39 is 0 Å². The van der Waals surface area contributed by atoms with E-state index in [1.54, 1.807) is 0 Å². The lowest BCUT2D eigenvalue weighted by Gasteiger charge is -2.30. The molecule has 2 amide bonds. The zero-order valence-electron chi connectivity index (χ0n) is 11.2. The summed E-state index contributed by atoms with van der Waals surface area (Å²) in [6, 6.07) is 0.763. The summed E-state index contributed by atoms with van der Waals surface area (Å²) < 4.78 is 0. The molecule has 4 nitrogen and oxygen atoms in total. The Kier molecular flexibility index (Phi) is 4.59. The Morgan fingerprint density at radius 1 is 1.44 bits per heavy atom. The van der Waals surface area contributed by atoms with Crippen LogP contribution in [-0.4, -0.2) is 55.1 Å². The molecule has 94 valence electrons. The van der Waals surface area contributed by atoms with Crippen molar-refractivity contribution in [3.05, 3.63) is 0 Å². The molecule has 2 atom stereocenters. The molecule has 1 fully saturated rings. The number of nitrogens with one attached hydrogen (secondary N) is 1. The highest BCUT2D eigenvalue weighted by Gasteiger charge is 2.39. The summed E-state index contributed by atoms with van der Waals surface area (Å²) in [6.07, 6.45) is 1.01. The summed E-state index contributed by atoms with van der Waals surface area (Å²) in [4.78, 5) is 16.0. The summed E-state index contributed by atoms with van der Waals surface area (Å²) in [5.74, 6) is 0.506. The van der Waals surface area contributed by atoms with E-state index in [2.05, 4.69) is 31.0 Å². The van der Waals surface area contributed by atoms with E-state index in [0.29, 0.717) is 18.0 Å². The van der Waals surface area contributed by atoms with Crippen LogP contribution in [0, 0.1) is 5.92 Å². The maximum absolute atomic E-state index is 11.9. The van der Waals surface area contributed by atoms with E-state index in [-0.39, 0.29) is 6.03 Å². The first kappa shape index (κ1) is 13.3. The van der Waals surface area contributed by atoms with Crippen molar-refractivity contribution in [1.29, 1.82) is 0 Å². The molecule has 1 rings (SSSR count). The highest BCUT2D eigenvalue weighted by atomic mass is 16.2. The van der Waals surface area contributed by atoms with Gasteiger partial charge in [0.2, 0.25) is 0 Å². The van der Waals surface area contributed by atoms with Crippen LogP contribution in [0.25, 0.3) is 0 Å². The van der Waals surface area contributed by atoms with Crippen LogP contribution in [0.1, 0.15) is 27.2 Å². The van der Waals surface area contributed by atoms with Gasteiger partial charge in [-0.05, 0) is 26.4 Å². The molecule has 1 N–H and O–H groups in total. The minimum absolute atomic E-state index is 0.104. The number of urea groups is 1. The van der Waals surface area contributed by atoms with E-state index >= 15 is 0 Å². The summed E-state index contributed by atoms with van der Waals surface area (Å²) >= 11 is 0. The largest absolute Gasteiger partial charge is 0.333 e. The van der Waals surface area contributed by atoms with E-state index in [0.717, 1.165) is 19.5 Å². The molecule has 1 aliphatic heterocycles. The van der Waals surface area contributed by atoms with Gasteiger partial charge >= 0.3 is 6.03 Å². The Morgan fingerprint density at radius 2 is 2.06 bits per heavy atom. The lowest BCUT2D eigenvalue weighted by Crippen LogP contribution is -2.43. The van der Waals surface area contributed by atoms with Gasteiger partial charge in [-0.3, -0.25) is 0 Å². The fraction of sp³-hybridized carbons (Fsp3) is 0.917. The molecule has 0 spiro atoms. The van der Waals surface area contributed by atoms with Crippen LogP contribution in [-0.2, 0) is 0 Å². The van der Waals surface area contributed by atoms with Gasteiger partial charge in [-0.25, -0.2) is 4.79 Å². The Labute approximate surface area is 99.0 Å². The van der Waals surface area contributed by atoms with Crippen molar-refractivity contribution in [1.82, 2.24) is 15.1 Å². The van der Waals surface area contributed by atoms with Crippen LogP contribution in [0.2, 0.25) is 0 Å². The highest BCUT2D eigenvalue weighted by Crippen LogP contribution is 2.22. The van der Waals surface area contributed by atoms with Gasteiger partial charge in [0.1, 0.15) is 0 Å². The highest BCUT2D eigenvalue weighted by molar-refractivity contribution is 5.77. The van der Waals surface area contributed by atoms with Crippen molar-refractivity contribution in [2.24, 2.45) is 5.92 Å². The molecule has 1 aliphatic rings. The monoisotopic (exact) mass is 227 g/mol. The molecule has 1 heterocycles. The maximum atomic E-state index is 11.9. The van der Waals surface area contributed by atoms with Gasteiger partial charge in [0.15, 0.2) is 0 Å². The van der Waals surface area contributed by atoms with Crippen LogP contribution in [0.4, 0.5) is 4.79 Å². The predicted molar refractivity (Wildman–Crippen MR) is 66.5 cm³/mol. The van der Waals surface area contributed by atoms with Gasteiger partial charge < -0.3 is 15.1 Å². The second-order valence-corrected chi connectivity index (χ2v) is 5.20. The Balaban J connectivity index is 2.67. The molecular formula is C12H25N3O. The molecule has 0 aromatic rings. The van der Waals surface area contributed by atoms with Crippen LogP contribution in [0.5, 0.6) is 0 Å². The average molecular weight is 227 g/mol. The second kappa shape index (κ2) is 5.53. The standard InChI is InChI=1S/C12H25N3O/c1-6-10-11(9(2)3)15(12(16)13-10)8-7-14(4)5/h9-11H,6-8H2,1-5H3,(H,13,16)/t10-,11+/m1/s1. The zero-order chi connectivity index (χ0) is 12.3. The second-order valence-electron chi connectivity index (χ2n) is 5.20. The van der Waals surface area contributed by atoms with Crippen molar-refractivity contribution in [3.8, 4) is 0 Å². The van der Waals surface area contributed by atoms with Crippen LogP contribution < -0.4 is 5.32 Å². The number of carbonyl (C=O) groups is 1. The lowest BCUT2D eigenvalue weighted by molar-refractivity contribution is 0.174. The van der Waals surface area contributed by atoms with Gasteiger partial charge in [0, 0.05) is 13.1 Å².